The molecule has 1 saturated carbocycles. The summed E-state index contributed by atoms with van der Waals surface area (Å²) in [6.45, 7) is 2.19. The van der Waals surface area contributed by atoms with Gasteiger partial charge >= 0.3 is 0 Å². The van der Waals surface area contributed by atoms with Gasteiger partial charge in [0.25, 0.3) is 0 Å². The monoisotopic (exact) mass is 231 g/mol. The standard InChI is InChI=1S/C16H25N/c1-13-6-4-7-14(10-13)11-15-8-5-9-16(12-15)17(2)3/h4,6-7,10,15-16H,5,8-9,11-12H2,1-3H3. The Morgan fingerprint density at radius 2 is 2.06 bits per heavy atom. The minimum absolute atomic E-state index is 0.804. The van der Waals surface area contributed by atoms with E-state index in [0.717, 1.165) is 12.0 Å². The average molecular weight is 231 g/mol. The predicted molar refractivity (Wildman–Crippen MR) is 74.3 cm³/mol. The van der Waals surface area contributed by atoms with Crippen molar-refractivity contribution >= 4 is 0 Å². The van der Waals surface area contributed by atoms with Crippen molar-refractivity contribution in [3.63, 3.8) is 0 Å². The fourth-order valence-electron chi connectivity index (χ4n) is 3.09. The van der Waals surface area contributed by atoms with E-state index in [1.165, 1.54) is 43.2 Å². The summed E-state index contributed by atoms with van der Waals surface area (Å²) in [5, 5.41) is 0. The molecule has 17 heavy (non-hydrogen) atoms. The second-order valence-corrected chi connectivity index (χ2v) is 5.84. The van der Waals surface area contributed by atoms with E-state index in [4.69, 9.17) is 0 Å². The quantitative estimate of drug-likeness (QED) is 0.767. The minimum Gasteiger partial charge on any atom is -0.306 e. The highest BCUT2D eigenvalue weighted by Gasteiger charge is 2.23. The molecular weight excluding hydrogens is 206 g/mol. The molecule has 2 rings (SSSR count). The van der Waals surface area contributed by atoms with Crippen LogP contribution in [0, 0.1) is 12.8 Å². The van der Waals surface area contributed by atoms with Crippen molar-refractivity contribution in [3.05, 3.63) is 35.4 Å². The number of benzene rings is 1. The van der Waals surface area contributed by atoms with Gasteiger partial charge in [-0.15, -0.1) is 0 Å². The van der Waals surface area contributed by atoms with E-state index < -0.39 is 0 Å². The zero-order chi connectivity index (χ0) is 12.3. The largest absolute Gasteiger partial charge is 0.306 e. The van der Waals surface area contributed by atoms with E-state index in [0.29, 0.717) is 0 Å². The van der Waals surface area contributed by atoms with Crippen LogP contribution in [-0.2, 0) is 6.42 Å². The Bertz CT molecular complexity index is 356. The van der Waals surface area contributed by atoms with Gasteiger partial charge < -0.3 is 4.90 Å². The lowest BCUT2D eigenvalue weighted by atomic mass is 9.81. The minimum atomic E-state index is 0.804. The van der Waals surface area contributed by atoms with Gasteiger partial charge in [0.15, 0.2) is 0 Å². The van der Waals surface area contributed by atoms with Gasteiger partial charge in [-0.25, -0.2) is 0 Å². The van der Waals surface area contributed by atoms with Crippen LogP contribution in [0.4, 0.5) is 0 Å². The van der Waals surface area contributed by atoms with Gasteiger partial charge in [-0.05, 0) is 51.8 Å². The zero-order valence-electron chi connectivity index (χ0n) is 11.4. The van der Waals surface area contributed by atoms with E-state index in [1.54, 1.807) is 0 Å². The van der Waals surface area contributed by atoms with Crippen LogP contribution in [0.25, 0.3) is 0 Å². The lowest BCUT2D eigenvalue weighted by Gasteiger charge is -2.33. The highest BCUT2D eigenvalue weighted by molar-refractivity contribution is 5.22. The Labute approximate surface area is 106 Å². The molecule has 1 aliphatic rings. The first-order valence-electron chi connectivity index (χ1n) is 6.87. The van der Waals surface area contributed by atoms with E-state index in [2.05, 4.69) is 50.2 Å². The Balaban J connectivity index is 1.94. The first kappa shape index (κ1) is 12.6. The fourth-order valence-corrected chi connectivity index (χ4v) is 3.09. The Morgan fingerprint density at radius 1 is 1.24 bits per heavy atom. The smallest absolute Gasteiger partial charge is 0.00919 e. The van der Waals surface area contributed by atoms with Crippen molar-refractivity contribution < 1.29 is 0 Å². The van der Waals surface area contributed by atoms with Crippen LogP contribution in [-0.4, -0.2) is 25.0 Å². The predicted octanol–water partition coefficient (Wildman–Crippen LogP) is 3.66. The lowest BCUT2D eigenvalue weighted by molar-refractivity contribution is 0.185. The van der Waals surface area contributed by atoms with Gasteiger partial charge in [0.05, 0.1) is 0 Å². The number of rotatable bonds is 3. The second kappa shape index (κ2) is 5.68. The molecule has 1 fully saturated rings. The molecule has 0 aromatic heterocycles. The molecule has 1 aromatic rings. The molecule has 1 heteroatoms. The molecule has 0 N–H and O–H groups in total. The highest BCUT2D eigenvalue weighted by Crippen LogP contribution is 2.29. The van der Waals surface area contributed by atoms with Crippen LogP contribution in [0.15, 0.2) is 24.3 Å². The summed E-state index contributed by atoms with van der Waals surface area (Å²) in [7, 11) is 4.44. The van der Waals surface area contributed by atoms with Crippen LogP contribution in [0.5, 0.6) is 0 Å². The highest BCUT2D eigenvalue weighted by atomic mass is 15.1. The van der Waals surface area contributed by atoms with Crippen molar-refractivity contribution in [2.24, 2.45) is 5.92 Å². The van der Waals surface area contributed by atoms with Crippen LogP contribution in [0.2, 0.25) is 0 Å². The van der Waals surface area contributed by atoms with E-state index >= 15 is 0 Å². The third-order valence-corrected chi connectivity index (χ3v) is 4.09. The molecule has 1 aromatic carbocycles. The van der Waals surface area contributed by atoms with Crippen molar-refractivity contribution in [2.45, 2.75) is 45.1 Å². The zero-order valence-corrected chi connectivity index (χ0v) is 11.4. The Kier molecular flexibility index (Phi) is 4.22. The van der Waals surface area contributed by atoms with E-state index in [-0.39, 0.29) is 0 Å². The molecular formula is C16H25N. The Morgan fingerprint density at radius 3 is 2.76 bits per heavy atom. The maximum Gasteiger partial charge on any atom is 0.00919 e. The van der Waals surface area contributed by atoms with Gasteiger partial charge in [0.2, 0.25) is 0 Å². The van der Waals surface area contributed by atoms with Crippen LogP contribution >= 0.6 is 0 Å². The SMILES string of the molecule is Cc1cccc(CC2CCCC(N(C)C)C2)c1. The third kappa shape index (κ3) is 3.57. The first-order chi connectivity index (χ1) is 8.15. The molecule has 0 spiro atoms. The molecule has 0 aliphatic heterocycles. The maximum atomic E-state index is 2.41. The van der Waals surface area contributed by atoms with Gasteiger partial charge in [-0.3, -0.25) is 0 Å². The van der Waals surface area contributed by atoms with Gasteiger partial charge in [0, 0.05) is 6.04 Å². The second-order valence-electron chi connectivity index (χ2n) is 5.84. The molecule has 0 amide bonds. The maximum absolute atomic E-state index is 2.41. The van der Waals surface area contributed by atoms with Gasteiger partial charge in [0.1, 0.15) is 0 Å². The van der Waals surface area contributed by atoms with Gasteiger partial charge in [-0.2, -0.15) is 0 Å². The van der Waals surface area contributed by atoms with E-state index in [9.17, 15) is 0 Å². The molecule has 2 atom stereocenters. The van der Waals surface area contributed by atoms with Crippen molar-refractivity contribution in [3.8, 4) is 0 Å². The fraction of sp³-hybridized carbons (Fsp3) is 0.625. The molecule has 0 heterocycles. The van der Waals surface area contributed by atoms with Gasteiger partial charge in [-0.1, -0.05) is 42.7 Å². The summed E-state index contributed by atoms with van der Waals surface area (Å²) in [5.41, 5.74) is 2.91. The van der Waals surface area contributed by atoms with Crippen molar-refractivity contribution in [1.29, 1.82) is 0 Å². The molecule has 1 aliphatic carbocycles. The van der Waals surface area contributed by atoms with E-state index in [1.807, 2.05) is 0 Å². The normalized spacial score (nSPS) is 25.2. The Hall–Kier alpha value is -0.820. The summed E-state index contributed by atoms with van der Waals surface area (Å²) in [4.78, 5) is 2.41. The summed E-state index contributed by atoms with van der Waals surface area (Å²) in [6.07, 6.45) is 6.85. The molecule has 2 unspecified atom stereocenters. The summed E-state index contributed by atoms with van der Waals surface area (Å²) >= 11 is 0. The third-order valence-electron chi connectivity index (χ3n) is 4.09. The number of hydrogen-bond acceptors (Lipinski definition) is 1. The van der Waals surface area contributed by atoms with Crippen LogP contribution in [0.3, 0.4) is 0 Å². The van der Waals surface area contributed by atoms with Crippen LogP contribution in [0.1, 0.15) is 36.8 Å². The van der Waals surface area contributed by atoms with Crippen LogP contribution < -0.4 is 0 Å². The van der Waals surface area contributed by atoms with Crippen molar-refractivity contribution in [2.75, 3.05) is 14.1 Å². The molecule has 0 saturated heterocycles. The summed E-state index contributed by atoms with van der Waals surface area (Å²) < 4.78 is 0. The molecule has 94 valence electrons. The topological polar surface area (TPSA) is 3.24 Å². The molecule has 0 radical (unpaired) electrons. The van der Waals surface area contributed by atoms with Crippen molar-refractivity contribution in [1.82, 2.24) is 4.90 Å². The number of hydrogen-bond donors (Lipinski definition) is 0. The molecule has 1 nitrogen and oxygen atoms in total. The number of aryl methyl sites for hydroxylation is 1. The number of nitrogens with zero attached hydrogens (tertiary/aromatic N) is 1. The summed E-state index contributed by atoms with van der Waals surface area (Å²) in [5.74, 6) is 0.887. The first-order valence-corrected chi connectivity index (χ1v) is 6.87. The average Bonchev–Trinajstić information content (AvgIpc) is 2.29. The lowest BCUT2D eigenvalue weighted by Crippen LogP contribution is -2.33. The summed E-state index contributed by atoms with van der Waals surface area (Å²) in [6, 6.07) is 9.81. The molecule has 0 bridgehead atoms.